The zero-order valence-corrected chi connectivity index (χ0v) is 13.6. The van der Waals surface area contributed by atoms with Gasteiger partial charge in [0.1, 0.15) is 0 Å². The minimum absolute atomic E-state index is 0. The van der Waals surface area contributed by atoms with E-state index in [1.54, 1.807) is 14.1 Å². The van der Waals surface area contributed by atoms with Gasteiger partial charge < -0.3 is 16.0 Å². The van der Waals surface area contributed by atoms with Gasteiger partial charge in [0.15, 0.2) is 5.96 Å². The third-order valence-electron chi connectivity index (χ3n) is 3.08. The lowest BCUT2D eigenvalue weighted by Gasteiger charge is -2.22. The van der Waals surface area contributed by atoms with E-state index < -0.39 is 0 Å². The van der Waals surface area contributed by atoms with Gasteiger partial charge in [-0.15, -0.1) is 24.0 Å². The molecule has 0 aromatic rings. The Morgan fingerprint density at radius 1 is 1.28 bits per heavy atom. The molecular weight excluding hydrogens is 343 g/mol. The molecule has 3 N–H and O–H groups in total. The van der Waals surface area contributed by atoms with E-state index >= 15 is 0 Å². The first-order valence-corrected chi connectivity index (χ1v) is 6.44. The summed E-state index contributed by atoms with van der Waals surface area (Å²) in [5.74, 6) is 0.853. The highest BCUT2D eigenvalue weighted by molar-refractivity contribution is 14.0. The minimum atomic E-state index is 0. The first-order chi connectivity index (χ1) is 8.26. The van der Waals surface area contributed by atoms with Crippen molar-refractivity contribution in [1.29, 1.82) is 0 Å². The number of guanidine groups is 1. The molecule has 0 saturated heterocycles. The number of carbonyl (C=O) groups is 1. The highest BCUT2D eigenvalue weighted by atomic mass is 127. The summed E-state index contributed by atoms with van der Waals surface area (Å²) in [7, 11) is 3.51. The highest BCUT2D eigenvalue weighted by Gasteiger charge is 2.15. The van der Waals surface area contributed by atoms with Gasteiger partial charge in [-0.2, -0.15) is 0 Å². The van der Waals surface area contributed by atoms with E-state index in [2.05, 4.69) is 20.9 Å². The second-order valence-corrected chi connectivity index (χ2v) is 4.40. The average Bonchev–Trinajstić information content (AvgIpc) is 2.36. The Kier molecular flexibility index (Phi) is 10.1. The van der Waals surface area contributed by atoms with Crippen molar-refractivity contribution >= 4 is 35.8 Å². The lowest BCUT2D eigenvalue weighted by molar-refractivity contribution is -0.121. The molecule has 5 nitrogen and oxygen atoms in total. The maximum atomic E-state index is 11.7. The molecule has 0 heterocycles. The van der Waals surface area contributed by atoms with Gasteiger partial charge >= 0.3 is 0 Å². The van der Waals surface area contributed by atoms with Crippen LogP contribution in [0.5, 0.6) is 0 Å². The summed E-state index contributed by atoms with van der Waals surface area (Å²) in [6, 6.07) is 0.403. The molecule has 0 aromatic heterocycles. The molecule has 1 saturated carbocycles. The second-order valence-electron chi connectivity index (χ2n) is 4.40. The molecule has 6 heteroatoms. The molecule has 0 bridgehead atoms. The van der Waals surface area contributed by atoms with Crippen LogP contribution in [-0.4, -0.2) is 38.5 Å². The monoisotopic (exact) mass is 368 g/mol. The van der Waals surface area contributed by atoms with Crippen molar-refractivity contribution in [1.82, 2.24) is 16.0 Å². The summed E-state index contributed by atoms with van der Waals surface area (Å²) in [4.78, 5) is 15.6. The summed E-state index contributed by atoms with van der Waals surface area (Å²) in [5.41, 5.74) is 0. The largest absolute Gasteiger partial charge is 0.359 e. The summed E-state index contributed by atoms with van der Waals surface area (Å²) < 4.78 is 0. The molecule has 1 aliphatic carbocycles. The molecule has 0 unspecified atom stereocenters. The van der Waals surface area contributed by atoms with Crippen LogP contribution in [0.25, 0.3) is 0 Å². The van der Waals surface area contributed by atoms with Crippen LogP contribution in [-0.2, 0) is 4.79 Å². The number of amides is 1. The fourth-order valence-electron chi connectivity index (χ4n) is 2.12. The van der Waals surface area contributed by atoms with E-state index in [-0.39, 0.29) is 29.9 Å². The number of carbonyl (C=O) groups excluding carboxylic acids is 1. The standard InChI is InChI=1S/C12H24N4O.HI/c1-13-12(14-2)15-9-8-11(17)16-10-6-4-3-5-7-10;/h10H,3-9H2,1-2H3,(H,16,17)(H2,13,14,15);1H. The van der Waals surface area contributed by atoms with Gasteiger partial charge in [-0.25, -0.2) is 0 Å². The quantitative estimate of drug-likeness (QED) is 0.398. The van der Waals surface area contributed by atoms with Gasteiger partial charge in [-0.05, 0) is 12.8 Å². The van der Waals surface area contributed by atoms with E-state index in [0.29, 0.717) is 19.0 Å². The molecule has 0 radical (unpaired) electrons. The summed E-state index contributed by atoms with van der Waals surface area (Å²) in [6.07, 6.45) is 6.57. The topological polar surface area (TPSA) is 65.5 Å². The maximum absolute atomic E-state index is 11.7. The van der Waals surface area contributed by atoms with Gasteiger partial charge in [0.2, 0.25) is 5.91 Å². The number of nitrogens with one attached hydrogen (secondary N) is 3. The minimum Gasteiger partial charge on any atom is -0.359 e. The van der Waals surface area contributed by atoms with Gasteiger partial charge in [-0.3, -0.25) is 9.79 Å². The first-order valence-electron chi connectivity index (χ1n) is 6.44. The number of nitrogens with zero attached hydrogens (tertiary/aromatic N) is 1. The van der Waals surface area contributed by atoms with Crippen LogP contribution in [0.1, 0.15) is 38.5 Å². The lowest BCUT2D eigenvalue weighted by atomic mass is 9.95. The zero-order chi connectivity index (χ0) is 12.5. The van der Waals surface area contributed by atoms with Crippen LogP contribution in [0, 0.1) is 0 Å². The summed E-state index contributed by atoms with van der Waals surface area (Å²) in [5, 5.41) is 9.07. The molecule has 1 aliphatic rings. The van der Waals surface area contributed by atoms with Crippen LogP contribution in [0.2, 0.25) is 0 Å². The molecular formula is C12H25IN4O. The molecule has 0 aliphatic heterocycles. The fourth-order valence-corrected chi connectivity index (χ4v) is 2.12. The smallest absolute Gasteiger partial charge is 0.221 e. The van der Waals surface area contributed by atoms with Gasteiger partial charge in [0, 0.05) is 33.1 Å². The second kappa shape index (κ2) is 10.4. The molecule has 0 atom stereocenters. The SMILES string of the molecule is CN=C(NC)NCCC(=O)NC1CCCCC1.I. The number of halogens is 1. The summed E-state index contributed by atoms with van der Waals surface area (Å²) in [6.45, 7) is 0.617. The van der Waals surface area contributed by atoms with E-state index in [1.165, 1.54) is 19.3 Å². The van der Waals surface area contributed by atoms with Crippen molar-refractivity contribution in [3.05, 3.63) is 0 Å². The molecule has 0 spiro atoms. The lowest BCUT2D eigenvalue weighted by Crippen LogP contribution is -2.40. The maximum Gasteiger partial charge on any atom is 0.221 e. The third-order valence-corrected chi connectivity index (χ3v) is 3.08. The Labute approximate surface area is 127 Å². The average molecular weight is 368 g/mol. The molecule has 1 rings (SSSR count). The van der Waals surface area contributed by atoms with Crippen molar-refractivity contribution in [2.45, 2.75) is 44.6 Å². The molecule has 1 amide bonds. The molecule has 18 heavy (non-hydrogen) atoms. The number of hydrogen-bond donors (Lipinski definition) is 3. The van der Waals surface area contributed by atoms with Crippen molar-refractivity contribution in [2.24, 2.45) is 4.99 Å². The Morgan fingerprint density at radius 3 is 2.50 bits per heavy atom. The van der Waals surface area contributed by atoms with Crippen LogP contribution in [0.3, 0.4) is 0 Å². The van der Waals surface area contributed by atoms with Gasteiger partial charge in [-0.1, -0.05) is 19.3 Å². The van der Waals surface area contributed by atoms with Crippen LogP contribution in [0.15, 0.2) is 4.99 Å². The van der Waals surface area contributed by atoms with E-state index in [9.17, 15) is 4.79 Å². The van der Waals surface area contributed by atoms with Crippen LogP contribution >= 0.6 is 24.0 Å². The fraction of sp³-hybridized carbons (Fsp3) is 0.833. The van der Waals surface area contributed by atoms with Crippen LogP contribution < -0.4 is 16.0 Å². The Hall–Kier alpha value is -0.530. The van der Waals surface area contributed by atoms with E-state index in [0.717, 1.165) is 18.8 Å². The highest BCUT2D eigenvalue weighted by Crippen LogP contribution is 2.17. The third kappa shape index (κ3) is 7.03. The van der Waals surface area contributed by atoms with E-state index in [4.69, 9.17) is 0 Å². The number of aliphatic imine (C=N–C) groups is 1. The van der Waals surface area contributed by atoms with Gasteiger partial charge in [0.25, 0.3) is 0 Å². The van der Waals surface area contributed by atoms with Crippen molar-refractivity contribution in [2.75, 3.05) is 20.6 Å². The Bertz CT molecular complexity index is 265. The van der Waals surface area contributed by atoms with Gasteiger partial charge in [0.05, 0.1) is 0 Å². The number of rotatable bonds is 4. The predicted octanol–water partition coefficient (Wildman–Crippen LogP) is 1.24. The van der Waals surface area contributed by atoms with E-state index in [1.807, 2.05) is 0 Å². The van der Waals surface area contributed by atoms with Crippen LogP contribution in [0.4, 0.5) is 0 Å². The Morgan fingerprint density at radius 2 is 1.94 bits per heavy atom. The molecule has 1 fully saturated rings. The van der Waals surface area contributed by atoms with Crippen molar-refractivity contribution in [3.63, 3.8) is 0 Å². The van der Waals surface area contributed by atoms with Crippen molar-refractivity contribution < 1.29 is 4.79 Å². The summed E-state index contributed by atoms with van der Waals surface area (Å²) >= 11 is 0. The molecule has 106 valence electrons. The number of hydrogen-bond acceptors (Lipinski definition) is 2. The predicted molar refractivity (Wildman–Crippen MR) is 85.5 cm³/mol. The Balaban J connectivity index is 0.00000289. The normalized spacial score (nSPS) is 16.7. The zero-order valence-electron chi connectivity index (χ0n) is 11.3. The van der Waals surface area contributed by atoms with Crippen molar-refractivity contribution in [3.8, 4) is 0 Å². The first kappa shape index (κ1) is 17.5. The molecule has 0 aromatic carbocycles.